The van der Waals surface area contributed by atoms with Crippen molar-refractivity contribution in [2.24, 2.45) is 0 Å². The van der Waals surface area contributed by atoms with E-state index < -0.39 is 0 Å². The van der Waals surface area contributed by atoms with Gasteiger partial charge in [0.05, 0.1) is 13.2 Å². The summed E-state index contributed by atoms with van der Waals surface area (Å²) in [6.07, 6.45) is 9.46. The number of benzene rings is 3. The van der Waals surface area contributed by atoms with Crippen LogP contribution in [0.2, 0.25) is 0 Å². The Morgan fingerprint density at radius 1 is 0.657 bits per heavy atom. The van der Waals surface area contributed by atoms with Crippen LogP contribution in [0, 0.1) is 0 Å². The van der Waals surface area contributed by atoms with Gasteiger partial charge in [0, 0.05) is 34.9 Å². The van der Waals surface area contributed by atoms with E-state index in [0.717, 1.165) is 71.4 Å². The fourth-order valence-corrected chi connectivity index (χ4v) is 4.70. The van der Waals surface area contributed by atoms with E-state index in [-0.39, 0.29) is 5.92 Å². The monoisotopic (exact) mass is 473 g/mol. The topological polar surface area (TPSA) is 53.7 Å². The standard InChI is InChI=1S/C31H39NO3/c1-3-5-7-11-19-33-23-15-17-26-29(21-23)35-30-22-24(34-20-12-8-6-4-2)16-18-27(30)31(26)25-13-9-10-14-28(25)32/h9-10,13-18,21-22,31H,3-8,11-12,19-20,32H2,1-2H3. The molecule has 4 nitrogen and oxygen atoms in total. The van der Waals surface area contributed by atoms with Crippen molar-refractivity contribution in [1.82, 2.24) is 0 Å². The number of unbranched alkanes of at least 4 members (excludes halogenated alkanes) is 6. The Morgan fingerprint density at radius 2 is 1.20 bits per heavy atom. The van der Waals surface area contributed by atoms with E-state index >= 15 is 0 Å². The molecule has 0 fully saturated rings. The molecule has 0 bridgehead atoms. The molecule has 0 radical (unpaired) electrons. The Bertz CT molecular complexity index is 1030. The largest absolute Gasteiger partial charge is 0.493 e. The molecule has 0 saturated heterocycles. The molecule has 1 heterocycles. The Hall–Kier alpha value is -3.14. The maximum atomic E-state index is 6.45. The zero-order valence-corrected chi connectivity index (χ0v) is 21.2. The second-order valence-corrected chi connectivity index (χ2v) is 9.38. The first kappa shape index (κ1) is 25.0. The molecule has 3 aromatic carbocycles. The van der Waals surface area contributed by atoms with Crippen LogP contribution in [-0.2, 0) is 0 Å². The summed E-state index contributed by atoms with van der Waals surface area (Å²) in [6.45, 7) is 5.89. The van der Waals surface area contributed by atoms with Gasteiger partial charge in [-0.3, -0.25) is 0 Å². The van der Waals surface area contributed by atoms with Gasteiger partial charge in [-0.1, -0.05) is 82.7 Å². The molecule has 4 heteroatoms. The first-order chi connectivity index (χ1) is 17.2. The molecule has 0 atom stereocenters. The van der Waals surface area contributed by atoms with Gasteiger partial charge in [0.1, 0.15) is 23.0 Å². The van der Waals surface area contributed by atoms with Crippen molar-refractivity contribution >= 4 is 5.69 Å². The predicted molar refractivity (Wildman–Crippen MR) is 144 cm³/mol. The van der Waals surface area contributed by atoms with Crippen molar-refractivity contribution in [3.8, 4) is 23.0 Å². The molecule has 0 unspecified atom stereocenters. The average molecular weight is 474 g/mol. The molecule has 0 saturated carbocycles. The highest BCUT2D eigenvalue weighted by atomic mass is 16.5. The van der Waals surface area contributed by atoms with Gasteiger partial charge in [-0.05, 0) is 36.6 Å². The smallest absolute Gasteiger partial charge is 0.135 e. The molecule has 0 aromatic heterocycles. The lowest BCUT2D eigenvalue weighted by atomic mass is 9.82. The number of nitrogen functional groups attached to an aromatic ring is 1. The Balaban J connectivity index is 1.59. The fraction of sp³-hybridized carbons (Fsp3) is 0.419. The fourth-order valence-electron chi connectivity index (χ4n) is 4.70. The number of fused-ring (bicyclic) bond motifs is 2. The third-order valence-electron chi connectivity index (χ3n) is 6.65. The van der Waals surface area contributed by atoms with E-state index in [1.54, 1.807) is 0 Å². The molecule has 0 amide bonds. The van der Waals surface area contributed by atoms with Crippen molar-refractivity contribution in [2.45, 2.75) is 71.1 Å². The molecule has 4 rings (SSSR count). The minimum atomic E-state index is -0.00726. The normalized spacial score (nSPS) is 12.5. The first-order valence-electron chi connectivity index (χ1n) is 13.3. The molecular formula is C31H39NO3. The summed E-state index contributed by atoms with van der Waals surface area (Å²) in [6, 6.07) is 20.5. The van der Waals surface area contributed by atoms with E-state index in [2.05, 4.69) is 32.0 Å². The number of ether oxygens (including phenoxy) is 3. The quantitative estimate of drug-likeness (QED) is 0.156. The van der Waals surface area contributed by atoms with Crippen LogP contribution in [0.3, 0.4) is 0 Å². The number of nitrogens with two attached hydrogens (primary N) is 1. The van der Waals surface area contributed by atoms with Gasteiger partial charge >= 0.3 is 0 Å². The number of anilines is 1. The van der Waals surface area contributed by atoms with Gasteiger partial charge in [-0.25, -0.2) is 0 Å². The second-order valence-electron chi connectivity index (χ2n) is 9.38. The molecule has 35 heavy (non-hydrogen) atoms. The number of hydrogen-bond acceptors (Lipinski definition) is 4. The summed E-state index contributed by atoms with van der Waals surface area (Å²) in [5.41, 5.74) is 10.5. The van der Waals surface area contributed by atoms with Gasteiger partial charge in [-0.15, -0.1) is 0 Å². The highest BCUT2D eigenvalue weighted by Gasteiger charge is 2.30. The summed E-state index contributed by atoms with van der Waals surface area (Å²) in [5.74, 6) is 3.31. The van der Waals surface area contributed by atoms with E-state index in [9.17, 15) is 0 Å². The third kappa shape index (κ3) is 6.30. The van der Waals surface area contributed by atoms with Crippen LogP contribution in [0.15, 0.2) is 60.7 Å². The third-order valence-corrected chi connectivity index (χ3v) is 6.65. The van der Waals surface area contributed by atoms with Crippen molar-refractivity contribution < 1.29 is 14.2 Å². The highest BCUT2D eigenvalue weighted by Crippen LogP contribution is 2.50. The van der Waals surface area contributed by atoms with Gasteiger partial charge in [0.2, 0.25) is 0 Å². The summed E-state index contributed by atoms with van der Waals surface area (Å²) in [7, 11) is 0. The SMILES string of the molecule is CCCCCCOc1ccc2c(c1)Oc1cc(OCCCCCC)ccc1C2c1ccccc1N. The maximum absolute atomic E-state index is 6.45. The van der Waals surface area contributed by atoms with Crippen LogP contribution in [0.25, 0.3) is 0 Å². The molecule has 1 aliphatic heterocycles. The van der Waals surface area contributed by atoms with E-state index in [0.29, 0.717) is 0 Å². The zero-order chi connectivity index (χ0) is 24.5. The minimum Gasteiger partial charge on any atom is -0.493 e. The van der Waals surface area contributed by atoms with Gasteiger partial charge in [-0.2, -0.15) is 0 Å². The van der Waals surface area contributed by atoms with Crippen LogP contribution in [0.1, 0.15) is 87.8 Å². The Labute approximate surface area is 210 Å². The van der Waals surface area contributed by atoms with E-state index in [4.69, 9.17) is 19.9 Å². The summed E-state index contributed by atoms with van der Waals surface area (Å²) >= 11 is 0. The lowest BCUT2D eigenvalue weighted by Gasteiger charge is -2.30. The molecule has 0 aliphatic carbocycles. The number of para-hydroxylation sites is 1. The second kappa shape index (κ2) is 12.5. The molecular weight excluding hydrogens is 434 g/mol. The van der Waals surface area contributed by atoms with Crippen LogP contribution < -0.4 is 19.9 Å². The van der Waals surface area contributed by atoms with Crippen LogP contribution >= 0.6 is 0 Å². The number of rotatable bonds is 13. The molecule has 1 aliphatic rings. The molecule has 3 aromatic rings. The van der Waals surface area contributed by atoms with Crippen molar-refractivity contribution in [1.29, 1.82) is 0 Å². The highest BCUT2D eigenvalue weighted by molar-refractivity contribution is 5.65. The maximum Gasteiger partial charge on any atom is 0.135 e. The van der Waals surface area contributed by atoms with Crippen LogP contribution in [0.4, 0.5) is 5.69 Å². The first-order valence-corrected chi connectivity index (χ1v) is 13.3. The molecule has 0 spiro atoms. The lowest BCUT2D eigenvalue weighted by Crippen LogP contribution is -2.13. The molecule has 186 valence electrons. The van der Waals surface area contributed by atoms with Crippen molar-refractivity contribution in [3.05, 3.63) is 77.4 Å². The average Bonchev–Trinajstić information content (AvgIpc) is 2.87. The lowest BCUT2D eigenvalue weighted by molar-refractivity contribution is 0.301. The minimum absolute atomic E-state index is 0.00726. The van der Waals surface area contributed by atoms with E-state index in [1.165, 1.54) is 38.5 Å². The number of hydrogen-bond donors (Lipinski definition) is 1. The van der Waals surface area contributed by atoms with Crippen molar-refractivity contribution in [2.75, 3.05) is 18.9 Å². The summed E-state index contributed by atoms with van der Waals surface area (Å²) < 4.78 is 18.5. The Morgan fingerprint density at radius 3 is 1.71 bits per heavy atom. The van der Waals surface area contributed by atoms with Crippen molar-refractivity contribution in [3.63, 3.8) is 0 Å². The molecule has 2 N–H and O–H groups in total. The Kier molecular flexibility index (Phi) is 8.94. The summed E-state index contributed by atoms with van der Waals surface area (Å²) in [4.78, 5) is 0. The van der Waals surface area contributed by atoms with Crippen LogP contribution in [0.5, 0.6) is 23.0 Å². The van der Waals surface area contributed by atoms with Gasteiger partial charge < -0.3 is 19.9 Å². The van der Waals surface area contributed by atoms with Gasteiger partial charge in [0.15, 0.2) is 0 Å². The zero-order valence-electron chi connectivity index (χ0n) is 21.2. The van der Waals surface area contributed by atoms with Crippen LogP contribution in [-0.4, -0.2) is 13.2 Å². The summed E-state index contributed by atoms with van der Waals surface area (Å²) in [5, 5.41) is 0. The predicted octanol–water partition coefficient (Wildman–Crippen LogP) is 8.47. The van der Waals surface area contributed by atoms with E-state index in [1.807, 2.05) is 42.5 Å². The van der Waals surface area contributed by atoms with Gasteiger partial charge in [0.25, 0.3) is 0 Å².